The number of hydrogen-bond acceptors (Lipinski definition) is 1. The average molecular weight is 170 g/mol. The Kier molecular flexibility index (Phi) is 5.03. The number of carbonyl (C=O) groups excluding carboxylic acids is 1. The van der Waals surface area contributed by atoms with Crippen LogP contribution in [0.4, 0.5) is 0 Å². The van der Waals surface area contributed by atoms with Crippen molar-refractivity contribution in [2.75, 3.05) is 0 Å². The average Bonchev–Trinajstić information content (AvgIpc) is 2.02. The van der Waals surface area contributed by atoms with Gasteiger partial charge >= 0.3 is 0 Å². The number of aliphatic imine (C=N–C) groups is 1. The summed E-state index contributed by atoms with van der Waals surface area (Å²) in [5.41, 5.74) is 0. The normalized spacial score (nSPS) is 23.8. The van der Waals surface area contributed by atoms with Gasteiger partial charge in [-0.3, -0.25) is 4.79 Å². The van der Waals surface area contributed by atoms with Gasteiger partial charge in [-0.25, -0.2) is 4.99 Å². The maximum Gasteiger partial charge on any atom is 0.269 e. The van der Waals surface area contributed by atoms with Gasteiger partial charge in [0.05, 0.1) is 0 Å². The molecule has 1 amide bonds. The lowest BCUT2D eigenvalue weighted by Crippen LogP contribution is -1.84. The molecule has 0 aromatic heterocycles. The Morgan fingerprint density at radius 1 is 1.00 bits per heavy atom. The number of hydrogen-bond donors (Lipinski definition) is 0. The second-order valence-electron chi connectivity index (χ2n) is 1.75. The molecule has 1 aliphatic rings. The topological polar surface area (TPSA) is 29.4 Å². The van der Waals surface area contributed by atoms with Crippen molar-refractivity contribution in [1.29, 1.82) is 0 Å². The zero-order valence-corrected chi connectivity index (χ0v) is 6.62. The van der Waals surface area contributed by atoms with Crippen molar-refractivity contribution >= 4 is 24.5 Å². The van der Waals surface area contributed by atoms with Gasteiger partial charge in [-0.1, -0.05) is 24.3 Å². The molecule has 0 aromatic carbocycles. The van der Waals surface area contributed by atoms with Gasteiger partial charge in [0.15, 0.2) is 0 Å². The van der Waals surface area contributed by atoms with E-state index in [1.165, 1.54) is 12.3 Å². The van der Waals surface area contributed by atoms with Crippen LogP contribution in [0.5, 0.6) is 0 Å². The Morgan fingerprint density at radius 2 is 1.64 bits per heavy atom. The second-order valence-corrected chi connectivity index (χ2v) is 1.75. The summed E-state index contributed by atoms with van der Waals surface area (Å²) < 4.78 is 0. The molecule has 0 N–H and O–H groups in total. The maximum atomic E-state index is 10.6. The van der Waals surface area contributed by atoms with Crippen LogP contribution in [-0.2, 0) is 4.79 Å². The van der Waals surface area contributed by atoms with Crippen LogP contribution in [0.3, 0.4) is 0 Å². The molecule has 2 nitrogen and oxygen atoms in total. The molecule has 0 fully saturated rings. The highest BCUT2D eigenvalue weighted by molar-refractivity contribution is 5.96. The molecule has 1 aliphatic heterocycles. The Bertz CT molecular complexity index is 214. The SMILES string of the molecule is Cl.O=C1\C=C/C=C\C=C/C=N1. The van der Waals surface area contributed by atoms with E-state index in [1.807, 2.05) is 12.2 Å². The maximum absolute atomic E-state index is 10.6. The number of allylic oxidation sites excluding steroid dienone is 5. The second kappa shape index (κ2) is 5.62. The summed E-state index contributed by atoms with van der Waals surface area (Å²) in [6.45, 7) is 0. The molecule has 0 aliphatic carbocycles. The lowest BCUT2D eigenvalue weighted by atomic mass is 10.4. The van der Waals surface area contributed by atoms with Crippen LogP contribution in [0.1, 0.15) is 0 Å². The molecule has 0 radical (unpaired) electrons. The first-order chi connectivity index (χ1) is 4.89. The summed E-state index contributed by atoms with van der Waals surface area (Å²) >= 11 is 0. The molecular formula is C8H8ClNO. The first-order valence-corrected chi connectivity index (χ1v) is 2.97. The molecule has 0 saturated carbocycles. The summed E-state index contributed by atoms with van der Waals surface area (Å²) in [4.78, 5) is 14.2. The highest BCUT2D eigenvalue weighted by Gasteiger charge is 1.85. The third-order valence-corrected chi connectivity index (χ3v) is 0.971. The van der Waals surface area contributed by atoms with Crippen molar-refractivity contribution in [3.8, 4) is 0 Å². The van der Waals surface area contributed by atoms with Crippen LogP contribution < -0.4 is 0 Å². The van der Waals surface area contributed by atoms with Crippen molar-refractivity contribution in [3.63, 3.8) is 0 Å². The lowest BCUT2D eigenvalue weighted by molar-refractivity contribution is -0.113. The standard InChI is InChI=1S/C8H7NO.ClH/c10-8-6-4-2-1-3-5-7-9-8;/h1-7H;1H/b2-1-,5-3-,6-4-,9-7?;. The van der Waals surface area contributed by atoms with E-state index in [4.69, 9.17) is 0 Å². The highest BCUT2D eigenvalue weighted by Crippen LogP contribution is 1.85. The first-order valence-electron chi connectivity index (χ1n) is 2.97. The van der Waals surface area contributed by atoms with E-state index in [2.05, 4.69) is 4.99 Å². The number of amides is 1. The van der Waals surface area contributed by atoms with Crippen LogP contribution >= 0.6 is 12.4 Å². The van der Waals surface area contributed by atoms with Crippen LogP contribution in [0, 0.1) is 0 Å². The van der Waals surface area contributed by atoms with Crippen molar-refractivity contribution in [2.24, 2.45) is 4.99 Å². The number of nitrogens with zero attached hydrogens (tertiary/aromatic N) is 1. The molecule has 3 heteroatoms. The van der Waals surface area contributed by atoms with Gasteiger partial charge < -0.3 is 0 Å². The summed E-state index contributed by atoms with van der Waals surface area (Å²) in [5, 5.41) is 0. The molecule has 0 unspecified atom stereocenters. The van der Waals surface area contributed by atoms with Gasteiger partial charge in [0.1, 0.15) is 0 Å². The molecular weight excluding hydrogens is 162 g/mol. The Labute approximate surface area is 71.4 Å². The van der Waals surface area contributed by atoms with E-state index < -0.39 is 0 Å². The van der Waals surface area contributed by atoms with Crippen molar-refractivity contribution in [1.82, 2.24) is 0 Å². The van der Waals surface area contributed by atoms with Gasteiger partial charge in [-0.15, -0.1) is 12.4 Å². The fourth-order valence-corrected chi connectivity index (χ4v) is 0.540. The molecule has 1 heterocycles. The van der Waals surface area contributed by atoms with Crippen molar-refractivity contribution < 1.29 is 4.79 Å². The fraction of sp³-hybridized carbons (Fsp3) is 0. The third kappa shape index (κ3) is 4.28. The summed E-state index contributed by atoms with van der Waals surface area (Å²) in [6.07, 6.45) is 11.7. The van der Waals surface area contributed by atoms with Crippen molar-refractivity contribution in [3.05, 3.63) is 36.5 Å². The molecule has 0 aromatic rings. The summed E-state index contributed by atoms with van der Waals surface area (Å²) in [6, 6.07) is 0. The zero-order chi connectivity index (χ0) is 7.23. The minimum Gasteiger partial charge on any atom is -0.267 e. The van der Waals surface area contributed by atoms with E-state index in [1.54, 1.807) is 18.2 Å². The smallest absolute Gasteiger partial charge is 0.267 e. The van der Waals surface area contributed by atoms with Gasteiger partial charge in [0, 0.05) is 12.3 Å². The molecule has 0 saturated heterocycles. The number of rotatable bonds is 0. The predicted octanol–water partition coefficient (Wildman–Crippen LogP) is 1.69. The quantitative estimate of drug-likeness (QED) is 0.543. The van der Waals surface area contributed by atoms with Crippen molar-refractivity contribution in [2.45, 2.75) is 0 Å². The van der Waals surface area contributed by atoms with Gasteiger partial charge in [0.25, 0.3) is 5.91 Å². The van der Waals surface area contributed by atoms with Crippen LogP contribution in [0.25, 0.3) is 0 Å². The first kappa shape index (κ1) is 9.85. The van der Waals surface area contributed by atoms with E-state index >= 15 is 0 Å². The molecule has 0 atom stereocenters. The monoisotopic (exact) mass is 169 g/mol. The van der Waals surface area contributed by atoms with Crippen LogP contribution in [0.2, 0.25) is 0 Å². The number of halogens is 1. The van der Waals surface area contributed by atoms with Gasteiger partial charge in [-0.2, -0.15) is 0 Å². The molecule has 1 rings (SSSR count). The van der Waals surface area contributed by atoms with E-state index in [0.717, 1.165) is 0 Å². The Morgan fingerprint density at radius 3 is 2.45 bits per heavy atom. The summed E-state index contributed by atoms with van der Waals surface area (Å²) in [5.74, 6) is -0.226. The van der Waals surface area contributed by atoms with E-state index in [0.29, 0.717) is 0 Å². The van der Waals surface area contributed by atoms with Gasteiger partial charge in [-0.05, 0) is 6.08 Å². The highest BCUT2D eigenvalue weighted by atomic mass is 35.5. The molecule has 11 heavy (non-hydrogen) atoms. The van der Waals surface area contributed by atoms with Crippen LogP contribution in [0.15, 0.2) is 41.4 Å². The molecule has 0 bridgehead atoms. The van der Waals surface area contributed by atoms with Crippen LogP contribution in [-0.4, -0.2) is 12.1 Å². The third-order valence-electron chi connectivity index (χ3n) is 0.971. The minimum absolute atomic E-state index is 0. The summed E-state index contributed by atoms with van der Waals surface area (Å²) in [7, 11) is 0. The van der Waals surface area contributed by atoms with Gasteiger partial charge in [0.2, 0.25) is 0 Å². The Hall–Kier alpha value is -1.15. The zero-order valence-electron chi connectivity index (χ0n) is 5.81. The minimum atomic E-state index is -0.226. The van der Waals surface area contributed by atoms with E-state index in [9.17, 15) is 4.79 Å². The number of carbonyl (C=O) groups is 1. The largest absolute Gasteiger partial charge is 0.269 e. The fourth-order valence-electron chi connectivity index (χ4n) is 0.540. The molecule has 58 valence electrons. The van der Waals surface area contributed by atoms with E-state index in [-0.39, 0.29) is 18.3 Å². The predicted molar refractivity (Wildman–Crippen MR) is 48.2 cm³/mol. The molecule has 0 spiro atoms. The Balaban J connectivity index is 0.000001000. The lowest BCUT2D eigenvalue weighted by Gasteiger charge is -1.76.